The standard InChI is InChI=1S/C22H27FN4O/c1-25-7-9-26(10-8-25)21-12-20-18(11-19(21)23)22(28)17(13-24)15-27(20)14-16-5-3-2-4-6-16/h11-12,15-16H,2-10,14H2,1H3. The maximum atomic E-state index is 14.9. The maximum absolute atomic E-state index is 14.9. The second kappa shape index (κ2) is 7.92. The number of pyridine rings is 1. The van der Waals surface area contributed by atoms with E-state index in [0.29, 0.717) is 17.0 Å². The van der Waals surface area contributed by atoms with E-state index in [4.69, 9.17) is 0 Å². The van der Waals surface area contributed by atoms with Gasteiger partial charge in [-0.1, -0.05) is 19.3 Å². The summed E-state index contributed by atoms with van der Waals surface area (Å²) in [6.45, 7) is 4.09. The molecule has 1 aliphatic carbocycles. The number of halogens is 1. The molecule has 1 saturated heterocycles. The maximum Gasteiger partial charge on any atom is 0.207 e. The summed E-state index contributed by atoms with van der Waals surface area (Å²) in [5, 5.41) is 9.70. The van der Waals surface area contributed by atoms with Gasteiger partial charge in [0, 0.05) is 38.9 Å². The molecule has 4 rings (SSSR count). The Morgan fingerprint density at radius 1 is 1.14 bits per heavy atom. The first-order chi connectivity index (χ1) is 13.6. The van der Waals surface area contributed by atoms with E-state index in [1.807, 2.05) is 16.7 Å². The van der Waals surface area contributed by atoms with E-state index in [2.05, 4.69) is 16.8 Å². The topological polar surface area (TPSA) is 52.3 Å². The molecule has 2 aromatic rings. The molecule has 0 amide bonds. The second-order valence-electron chi connectivity index (χ2n) is 8.25. The van der Waals surface area contributed by atoms with Crippen LogP contribution in [0.3, 0.4) is 0 Å². The van der Waals surface area contributed by atoms with Crippen LogP contribution in [0.25, 0.3) is 10.9 Å². The van der Waals surface area contributed by atoms with Gasteiger partial charge in [0.1, 0.15) is 17.4 Å². The van der Waals surface area contributed by atoms with Crippen molar-refractivity contribution in [1.82, 2.24) is 9.47 Å². The molecule has 2 fully saturated rings. The lowest BCUT2D eigenvalue weighted by Gasteiger charge is -2.34. The fraction of sp³-hybridized carbons (Fsp3) is 0.545. The zero-order valence-electron chi connectivity index (χ0n) is 16.5. The molecule has 1 saturated carbocycles. The van der Waals surface area contributed by atoms with Crippen LogP contribution in [-0.4, -0.2) is 42.7 Å². The Kier molecular flexibility index (Phi) is 5.36. The van der Waals surface area contributed by atoms with E-state index in [1.165, 1.54) is 38.2 Å². The first kappa shape index (κ1) is 18.9. The van der Waals surface area contributed by atoms with Crippen LogP contribution < -0.4 is 10.3 Å². The molecule has 148 valence electrons. The average molecular weight is 382 g/mol. The number of rotatable bonds is 3. The Labute approximate surface area is 165 Å². The van der Waals surface area contributed by atoms with Gasteiger partial charge in [0.2, 0.25) is 5.43 Å². The quantitative estimate of drug-likeness (QED) is 0.817. The van der Waals surface area contributed by atoms with Crippen LogP contribution in [0.5, 0.6) is 0 Å². The van der Waals surface area contributed by atoms with Gasteiger partial charge >= 0.3 is 0 Å². The molecule has 5 nitrogen and oxygen atoms in total. The van der Waals surface area contributed by atoms with Crippen LogP contribution >= 0.6 is 0 Å². The van der Waals surface area contributed by atoms with E-state index in [9.17, 15) is 14.4 Å². The monoisotopic (exact) mass is 382 g/mol. The summed E-state index contributed by atoms with van der Waals surface area (Å²) in [6, 6.07) is 5.15. The van der Waals surface area contributed by atoms with Crippen molar-refractivity contribution in [3.05, 3.63) is 39.9 Å². The van der Waals surface area contributed by atoms with Crippen molar-refractivity contribution in [2.75, 3.05) is 38.1 Å². The Hall–Kier alpha value is -2.39. The highest BCUT2D eigenvalue weighted by atomic mass is 19.1. The molecule has 0 spiro atoms. The van der Waals surface area contributed by atoms with Crippen molar-refractivity contribution < 1.29 is 4.39 Å². The van der Waals surface area contributed by atoms with Crippen molar-refractivity contribution >= 4 is 16.6 Å². The van der Waals surface area contributed by atoms with Crippen LogP contribution in [0, 0.1) is 23.1 Å². The van der Waals surface area contributed by atoms with Gasteiger partial charge in [-0.3, -0.25) is 4.79 Å². The highest BCUT2D eigenvalue weighted by Gasteiger charge is 2.21. The number of aromatic nitrogens is 1. The molecule has 0 N–H and O–H groups in total. The number of nitriles is 1. The van der Waals surface area contributed by atoms with Crippen molar-refractivity contribution in [2.24, 2.45) is 5.92 Å². The lowest BCUT2D eigenvalue weighted by Crippen LogP contribution is -2.44. The van der Waals surface area contributed by atoms with Gasteiger partial charge < -0.3 is 14.4 Å². The van der Waals surface area contributed by atoms with Crippen molar-refractivity contribution in [3.8, 4) is 6.07 Å². The zero-order valence-corrected chi connectivity index (χ0v) is 16.5. The smallest absolute Gasteiger partial charge is 0.207 e. The fourth-order valence-electron chi connectivity index (χ4n) is 4.57. The molecule has 1 aliphatic heterocycles. The molecule has 1 aromatic heterocycles. The molecule has 2 heterocycles. The van der Waals surface area contributed by atoms with Crippen LogP contribution in [0.4, 0.5) is 10.1 Å². The Bertz CT molecular complexity index is 963. The number of benzene rings is 1. The summed E-state index contributed by atoms with van der Waals surface area (Å²) in [5.41, 5.74) is 1.02. The minimum atomic E-state index is -0.381. The molecule has 6 heteroatoms. The number of hydrogen-bond donors (Lipinski definition) is 0. The lowest BCUT2D eigenvalue weighted by atomic mass is 9.89. The number of hydrogen-bond acceptors (Lipinski definition) is 4. The number of likely N-dealkylation sites (N-methyl/N-ethyl adjacent to an activating group) is 1. The van der Waals surface area contributed by atoms with Gasteiger partial charge in [-0.15, -0.1) is 0 Å². The number of fused-ring (bicyclic) bond motifs is 1. The molecule has 1 aromatic carbocycles. The third kappa shape index (κ3) is 3.64. The number of piperazine rings is 1. The first-order valence-corrected chi connectivity index (χ1v) is 10.3. The largest absolute Gasteiger partial charge is 0.367 e. The fourth-order valence-corrected chi connectivity index (χ4v) is 4.57. The van der Waals surface area contributed by atoms with E-state index >= 15 is 0 Å². The normalized spacial score (nSPS) is 19.1. The molecule has 0 atom stereocenters. The molecular formula is C22H27FN4O. The minimum Gasteiger partial charge on any atom is -0.367 e. The van der Waals surface area contributed by atoms with Crippen LogP contribution in [0.1, 0.15) is 37.7 Å². The lowest BCUT2D eigenvalue weighted by molar-refractivity contribution is 0.311. The molecule has 0 radical (unpaired) electrons. The average Bonchev–Trinajstić information content (AvgIpc) is 2.71. The SMILES string of the molecule is CN1CCN(c2cc3c(cc2F)c(=O)c(C#N)cn3CC2CCCCC2)CC1. The number of anilines is 1. The van der Waals surface area contributed by atoms with E-state index in [1.54, 1.807) is 6.20 Å². The van der Waals surface area contributed by atoms with Gasteiger partial charge in [0.05, 0.1) is 16.6 Å². The zero-order chi connectivity index (χ0) is 19.7. The predicted octanol–water partition coefficient (Wildman–Crippen LogP) is 3.34. The third-order valence-electron chi connectivity index (χ3n) is 6.29. The van der Waals surface area contributed by atoms with Gasteiger partial charge in [0.25, 0.3) is 0 Å². The summed E-state index contributed by atoms with van der Waals surface area (Å²) >= 11 is 0. The van der Waals surface area contributed by atoms with Crippen LogP contribution in [0.15, 0.2) is 23.1 Å². The van der Waals surface area contributed by atoms with Crippen molar-refractivity contribution in [2.45, 2.75) is 38.6 Å². The van der Waals surface area contributed by atoms with E-state index in [0.717, 1.165) is 38.2 Å². The summed E-state index contributed by atoms with van der Waals surface area (Å²) in [6.07, 6.45) is 7.75. The van der Waals surface area contributed by atoms with E-state index < -0.39 is 0 Å². The van der Waals surface area contributed by atoms with Crippen LogP contribution in [-0.2, 0) is 6.54 Å². The molecule has 2 aliphatic rings. The summed E-state index contributed by atoms with van der Waals surface area (Å²) in [7, 11) is 2.07. The Balaban J connectivity index is 1.79. The Morgan fingerprint density at radius 3 is 2.54 bits per heavy atom. The van der Waals surface area contributed by atoms with E-state index in [-0.39, 0.29) is 16.8 Å². The first-order valence-electron chi connectivity index (χ1n) is 10.3. The molecule has 0 bridgehead atoms. The van der Waals surface area contributed by atoms with Gasteiger partial charge in [-0.05, 0) is 37.9 Å². The van der Waals surface area contributed by atoms with Crippen molar-refractivity contribution in [3.63, 3.8) is 0 Å². The second-order valence-corrected chi connectivity index (χ2v) is 8.25. The van der Waals surface area contributed by atoms with Gasteiger partial charge in [0.15, 0.2) is 0 Å². The third-order valence-corrected chi connectivity index (χ3v) is 6.29. The number of nitrogens with zero attached hydrogens (tertiary/aromatic N) is 4. The highest BCUT2D eigenvalue weighted by Crippen LogP contribution is 2.29. The molecular weight excluding hydrogens is 355 g/mol. The highest BCUT2D eigenvalue weighted by molar-refractivity contribution is 5.84. The van der Waals surface area contributed by atoms with Crippen LogP contribution in [0.2, 0.25) is 0 Å². The predicted molar refractivity (Wildman–Crippen MR) is 109 cm³/mol. The van der Waals surface area contributed by atoms with Gasteiger partial charge in [-0.2, -0.15) is 5.26 Å². The molecule has 28 heavy (non-hydrogen) atoms. The summed E-state index contributed by atoms with van der Waals surface area (Å²) in [4.78, 5) is 17.0. The van der Waals surface area contributed by atoms with Gasteiger partial charge in [-0.25, -0.2) is 4.39 Å². The minimum absolute atomic E-state index is 0.0926. The summed E-state index contributed by atoms with van der Waals surface area (Å²) in [5.74, 6) is 0.164. The van der Waals surface area contributed by atoms with Crippen molar-refractivity contribution in [1.29, 1.82) is 5.26 Å². The summed E-state index contributed by atoms with van der Waals surface area (Å²) < 4.78 is 16.9. The molecule has 0 unspecified atom stereocenters. The Morgan fingerprint density at radius 2 is 1.86 bits per heavy atom.